The van der Waals surface area contributed by atoms with Crippen LogP contribution in [0.1, 0.15) is 25.0 Å². The lowest BCUT2D eigenvalue weighted by molar-refractivity contribution is -0.384. The number of allylic oxidation sites excluding steroid dienone is 1. The van der Waals surface area contributed by atoms with Crippen molar-refractivity contribution in [2.45, 2.75) is 20.0 Å². The Morgan fingerprint density at radius 3 is 2.44 bits per heavy atom. The van der Waals surface area contributed by atoms with Gasteiger partial charge in [0.1, 0.15) is 5.75 Å². The first-order valence-corrected chi connectivity index (χ1v) is 8.54. The topological polar surface area (TPSA) is 76.2 Å². The summed E-state index contributed by atoms with van der Waals surface area (Å²) in [6, 6.07) is 19.9. The van der Waals surface area contributed by atoms with Gasteiger partial charge >= 0.3 is 0 Å². The van der Waals surface area contributed by atoms with Crippen LogP contribution in [0.3, 0.4) is 0 Å². The molecule has 134 valence electrons. The number of nitrogens with zero attached hydrogens (tertiary/aromatic N) is 2. The summed E-state index contributed by atoms with van der Waals surface area (Å²) in [5.41, 5.74) is 1.84. The van der Waals surface area contributed by atoms with Crippen LogP contribution in [0.15, 0.2) is 60.7 Å². The number of nitriles is 1. The molecule has 0 saturated carbocycles. The van der Waals surface area contributed by atoms with Crippen molar-refractivity contribution >= 4 is 28.1 Å². The highest BCUT2D eigenvalue weighted by atomic mass is 16.6. The predicted molar refractivity (Wildman–Crippen MR) is 106 cm³/mol. The molecule has 0 fully saturated rings. The van der Waals surface area contributed by atoms with Crippen molar-refractivity contribution in [2.24, 2.45) is 0 Å². The maximum Gasteiger partial charge on any atom is 0.269 e. The summed E-state index contributed by atoms with van der Waals surface area (Å²) in [6.07, 6.45) is 1.77. The first-order chi connectivity index (χ1) is 13.0. The summed E-state index contributed by atoms with van der Waals surface area (Å²) >= 11 is 0. The molecule has 0 amide bonds. The number of ether oxygens (including phenoxy) is 1. The standard InChI is InChI=1S/C22H18N2O3/c1-15(2)27-22-12-9-17-5-3-4-6-20(17)21(22)13-18(14-23)16-7-10-19(11-8-16)24(25)26/h3-13,15H,1-2H3/b18-13+. The van der Waals surface area contributed by atoms with E-state index in [0.29, 0.717) is 16.9 Å². The minimum atomic E-state index is -0.459. The fourth-order valence-corrected chi connectivity index (χ4v) is 2.87. The molecule has 0 atom stereocenters. The van der Waals surface area contributed by atoms with Gasteiger partial charge < -0.3 is 4.74 Å². The second-order valence-corrected chi connectivity index (χ2v) is 6.34. The van der Waals surface area contributed by atoms with E-state index < -0.39 is 4.92 Å². The molecule has 0 radical (unpaired) electrons. The second kappa shape index (κ2) is 7.71. The molecule has 0 bridgehead atoms. The molecule has 0 aromatic heterocycles. The SMILES string of the molecule is CC(C)Oc1ccc2ccccc2c1/C=C(\C#N)c1ccc([N+](=O)[O-])cc1. The van der Waals surface area contributed by atoms with E-state index in [1.54, 1.807) is 18.2 Å². The number of non-ortho nitro benzene ring substituents is 1. The maximum atomic E-state index is 10.8. The summed E-state index contributed by atoms with van der Waals surface area (Å²) in [5.74, 6) is 0.693. The Bertz CT molecular complexity index is 1060. The monoisotopic (exact) mass is 358 g/mol. The molecule has 3 rings (SSSR count). The third kappa shape index (κ3) is 3.96. The Morgan fingerprint density at radius 1 is 1.11 bits per heavy atom. The highest BCUT2D eigenvalue weighted by Gasteiger charge is 2.12. The highest BCUT2D eigenvalue weighted by Crippen LogP contribution is 2.32. The molecular weight excluding hydrogens is 340 g/mol. The minimum absolute atomic E-state index is 0.00923. The zero-order valence-corrected chi connectivity index (χ0v) is 15.0. The number of nitro benzene ring substituents is 1. The Kier molecular flexibility index (Phi) is 5.18. The van der Waals surface area contributed by atoms with Crippen LogP contribution < -0.4 is 4.74 Å². The predicted octanol–water partition coefficient (Wildman–Crippen LogP) is 5.60. The number of hydrogen-bond donors (Lipinski definition) is 0. The number of hydrogen-bond acceptors (Lipinski definition) is 4. The van der Waals surface area contributed by atoms with Gasteiger partial charge in [0.15, 0.2) is 0 Å². The number of fused-ring (bicyclic) bond motifs is 1. The van der Waals surface area contributed by atoms with Crippen LogP contribution in [0, 0.1) is 21.4 Å². The lowest BCUT2D eigenvalue weighted by Crippen LogP contribution is -2.06. The first kappa shape index (κ1) is 18.2. The van der Waals surface area contributed by atoms with Crippen molar-refractivity contribution in [3.05, 3.63) is 81.9 Å². The Balaban J connectivity index is 2.16. The summed E-state index contributed by atoms with van der Waals surface area (Å²) in [7, 11) is 0. The largest absolute Gasteiger partial charge is 0.490 e. The van der Waals surface area contributed by atoms with Crippen molar-refractivity contribution in [1.29, 1.82) is 5.26 Å². The number of nitro groups is 1. The fraction of sp³-hybridized carbons (Fsp3) is 0.136. The normalized spacial score (nSPS) is 11.4. The van der Waals surface area contributed by atoms with E-state index in [1.807, 2.05) is 50.2 Å². The van der Waals surface area contributed by atoms with E-state index in [9.17, 15) is 15.4 Å². The minimum Gasteiger partial charge on any atom is -0.490 e. The molecule has 5 heteroatoms. The van der Waals surface area contributed by atoms with Crippen LogP contribution in [0.5, 0.6) is 5.75 Å². The zero-order valence-electron chi connectivity index (χ0n) is 15.0. The maximum absolute atomic E-state index is 10.8. The van der Waals surface area contributed by atoms with Crippen LogP contribution >= 0.6 is 0 Å². The van der Waals surface area contributed by atoms with Crippen LogP contribution in [0.25, 0.3) is 22.4 Å². The van der Waals surface area contributed by atoms with Gasteiger partial charge in [-0.1, -0.05) is 30.3 Å². The smallest absolute Gasteiger partial charge is 0.269 e. The molecule has 0 heterocycles. The zero-order chi connectivity index (χ0) is 19.4. The molecular formula is C22H18N2O3. The molecule has 0 aliphatic heterocycles. The molecule has 27 heavy (non-hydrogen) atoms. The van der Waals surface area contributed by atoms with Gasteiger partial charge in [0, 0.05) is 17.7 Å². The van der Waals surface area contributed by atoms with E-state index >= 15 is 0 Å². The van der Waals surface area contributed by atoms with Crippen molar-refractivity contribution in [3.63, 3.8) is 0 Å². The number of rotatable bonds is 5. The third-order valence-electron chi connectivity index (χ3n) is 4.09. The van der Waals surface area contributed by atoms with Crippen molar-refractivity contribution in [1.82, 2.24) is 0 Å². The quantitative estimate of drug-likeness (QED) is 0.257. The van der Waals surface area contributed by atoms with E-state index in [2.05, 4.69) is 6.07 Å². The first-order valence-electron chi connectivity index (χ1n) is 8.54. The van der Waals surface area contributed by atoms with Gasteiger partial charge in [0.25, 0.3) is 5.69 Å². The molecule has 0 N–H and O–H groups in total. The van der Waals surface area contributed by atoms with Crippen LogP contribution in [0.2, 0.25) is 0 Å². The lowest BCUT2D eigenvalue weighted by atomic mass is 9.98. The number of benzene rings is 3. The van der Waals surface area contributed by atoms with Gasteiger partial charge in [-0.3, -0.25) is 10.1 Å². The van der Waals surface area contributed by atoms with Gasteiger partial charge in [-0.05, 0) is 54.5 Å². The van der Waals surface area contributed by atoms with Gasteiger partial charge in [-0.15, -0.1) is 0 Å². The van der Waals surface area contributed by atoms with Crippen LogP contribution in [-0.2, 0) is 0 Å². The summed E-state index contributed by atoms with van der Waals surface area (Å²) < 4.78 is 5.94. The van der Waals surface area contributed by atoms with Gasteiger partial charge in [0.05, 0.1) is 22.7 Å². The van der Waals surface area contributed by atoms with Crippen molar-refractivity contribution in [2.75, 3.05) is 0 Å². The van der Waals surface area contributed by atoms with Gasteiger partial charge in [0.2, 0.25) is 0 Å². The summed E-state index contributed by atoms with van der Waals surface area (Å²) in [5, 5.41) is 22.5. The van der Waals surface area contributed by atoms with E-state index in [1.165, 1.54) is 12.1 Å². The highest BCUT2D eigenvalue weighted by molar-refractivity contribution is 6.00. The second-order valence-electron chi connectivity index (χ2n) is 6.34. The third-order valence-corrected chi connectivity index (χ3v) is 4.09. The van der Waals surface area contributed by atoms with Crippen LogP contribution in [0.4, 0.5) is 5.69 Å². The van der Waals surface area contributed by atoms with Crippen molar-refractivity contribution < 1.29 is 9.66 Å². The average molecular weight is 358 g/mol. The molecule has 0 aliphatic rings. The van der Waals surface area contributed by atoms with E-state index in [4.69, 9.17) is 4.74 Å². The molecule has 3 aromatic carbocycles. The Labute approximate surface area is 157 Å². The Hall–Kier alpha value is -3.65. The lowest BCUT2D eigenvalue weighted by Gasteiger charge is -2.15. The van der Waals surface area contributed by atoms with Gasteiger partial charge in [-0.25, -0.2) is 0 Å². The molecule has 0 spiro atoms. The average Bonchev–Trinajstić information content (AvgIpc) is 2.67. The molecule has 3 aromatic rings. The fourth-order valence-electron chi connectivity index (χ4n) is 2.87. The van der Waals surface area contributed by atoms with Crippen LogP contribution in [-0.4, -0.2) is 11.0 Å². The van der Waals surface area contributed by atoms with E-state index in [-0.39, 0.29) is 11.8 Å². The molecule has 5 nitrogen and oxygen atoms in total. The molecule has 0 saturated heterocycles. The summed E-state index contributed by atoms with van der Waals surface area (Å²) in [4.78, 5) is 10.4. The molecule has 0 aliphatic carbocycles. The Morgan fingerprint density at radius 2 is 1.81 bits per heavy atom. The molecule has 0 unspecified atom stereocenters. The van der Waals surface area contributed by atoms with Crippen molar-refractivity contribution in [3.8, 4) is 11.8 Å². The van der Waals surface area contributed by atoms with Gasteiger partial charge in [-0.2, -0.15) is 5.26 Å². The summed E-state index contributed by atoms with van der Waals surface area (Å²) in [6.45, 7) is 3.90. The van der Waals surface area contributed by atoms with E-state index in [0.717, 1.165) is 16.3 Å².